The second-order valence-electron chi connectivity index (χ2n) is 10.3. The van der Waals surface area contributed by atoms with Gasteiger partial charge in [-0.05, 0) is 66.4 Å². The summed E-state index contributed by atoms with van der Waals surface area (Å²) in [5.74, 6) is -1.51. The van der Waals surface area contributed by atoms with Crippen LogP contribution in [0.4, 0.5) is 11.6 Å². The number of carbonyl (C=O) groups excluding carboxylic acids is 3. The molecule has 0 radical (unpaired) electrons. The average molecular weight is 604 g/mol. The van der Waals surface area contributed by atoms with E-state index in [2.05, 4.69) is 41.5 Å². The molecule has 3 amide bonds. The standard InChI is InChI=1S/C30H31BrN6O3/c1-18-16-19(2)33-29(32-18)36-30(34-24-15-9-8-14-23(24)31)35-26(38)25(17-20-10-4-3-5-11-20)37-27(39)21-12-6-7-13-22(21)28(37)40/h3-5,8-11,14-16,21-22,25H,6-7,12-13,17H2,1-2H3,(H2,32,33,34,35,36,38). The van der Waals surface area contributed by atoms with Crippen LogP contribution < -0.4 is 10.6 Å². The lowest BCUT2D eigenvalue weighted by Crippen LogP contribution is -2.53. The molecule has 2 heterocycles. The van der Waals surface area contributed by atoms with Crippen LogP contribution in [0.3, 0.4) is 0 Å². The first kappa shape index (κ1) is 27.6. The average Bonchev–Trinajstić information content (AvgIpc) is 3.18. The fourth-order valence-electron chi connectivity index (χ4n) is 5.47. The van der Waals surface area contributed by atoms with Crippen LogP contribution in [-0.2, 0) is 20.8 Å². The number of hydrogen-bond acceptors (Lipinski definition) is 6. The van der Waals surface area contributed by atoms with E-state index >= 15 is 0 Å². The van der Waals surface area contributed by atoms with Gasteiger partial charge in [-0.2, -0.15) is 4.99 Å². The summed E-state index contributed by atoms with van der Waals surface area (Å²) in [5.41, 5.74) is 2.96. The number of guanidine groups is 1. The zero-order valence-corrected chi connectivity index (χ0v) is 24.0. The topological polar surface area (TPSA) is 117 Å². The van der Waals surface area contributed by atoms with Crippen molar-refractivity contribution >= 4 is 51.2 Å². The molecule has 2 N–H and O–H groups in total. The summed E-state index contributed by atoms with van der Waals surface area (Å²) in [4.78, 5) is 55.6. The lowest BCUT2D eigenvalue weighted by molar-refractivity contribution is -0.147. The Hall–Kier alpha value is -3.92. The predicted molar refractivity (Wildman–Crippen MR) is 156 cm³/mol. The quantitative estimate of drug-likeness (QED) is 0.236. The van der Waals surface area contributed by atoms with Gasteiger partial charge in [-0.3, -0.25) is 24.6 Å². The predicted octanol–water partition coefficient (Wildman–Crippen LogP) is 4.86. The third-order valence-electron chi connectivity index (χ3n) is 7.31. The second-order valence-corrected chi connectivity index (χ2v) is 11.1. The molecule has 1 aliphatic heterocycles. The van der Waals surface area contributed by atoms with Gasteiger partial charge in [0.25, 0.3) is 5.95 Å². The Labute approximate surface area is 241 Å². The van der Waals surface area contributed by atoms with Crippen molar-refractivity contribution in [2.45, 2.75) is 52.0 Å². The molecule has 40 heavy (non-hydrogen) atoms. The Morgan fingerprint density at radius 3 is 2.20 bits per heavy atom. The van der Waals surface area contributed by atoms with E-state index in [1.165, 1.54) is 4.90 Å². The maximum Gasteiger partial charge on any atom is 0.253 e. The summed E-state index contributed by atoms with van der Waals surface area (Å²) < 4.78 is 0.757. The van der Waals surface area contributed by atoms with Crippen LogP contribution in [0.2, 0.25) is 0 Å². The minimum absolute atomic E-state index is 0.0801. The third-order valence-corrected chi connectivity index (χ3v) is 8.00. The zero-order valence-electron chi connectivity index (χ0n) is 22.4. The van der Waals surface area contributed by atoms with Crippen molar-refractivity contribution in [2.75, 3.05) is 5.32 Å². The number of benzene rings is 2. The van der Waals surface area contributed by atoms with E-state index in [9.17, 15) is 14.4 Å². The number of nitrogens with one attached hydrogen (secondary N) is 2. The molecule has 1 saturated heterocycles. The molecule has 9 nitrogen and oxygen atoms in total. The molecule has 1 aromatic heterocycles. The van der Waals surface area contributed by atoms with Gasteiger partial charge in [0.2, 0.25) is 23.7 Å². The number of aliphatic imine (C=N–C) groups is 1. The highest BCUT2D eigenvalue weighted by Crippen LogP contribution is 2.39. The fourth-order valence-corrected chi connectivity index (χ4v) is 5.85. The number of amides is 3. The number of fused-ring (bicyclic) bond motifs is 1. The van der Waals surface area contributed by atoms with E-state index in [4.69, 9.17) is 0 Å². The van der Waals surface area contributed by atoms with Gasteiger partial charge in [0, 0.05) is 22.3 Å². The zero-order chi connectivity index (χ0) is 28.2. The maximum atomic E-state index is 14.0. The van der Waals surface area contributed by atoms with Gasteiger partial charge < -0.3 is 5.32 Å². The van der Waals surface area contributed by atoms with Crippen molar-refractivity contribution in [2.24, 2.45) is 16.8 Å². The highest BCUT2D eigenvalue weighted by Gasteiger charge is 2.51. The van der Waals surface area contributed by atoms with Gasteiger partial charge in [0.15, 0.2) is 0 Å². The molecule has 1 saturated carbocycles. The molecule has 206 valence electrons. The number of rotatable bonds is 6. The fraction of sp³-hybridized carbons (Fsp3) is 0.333. The van der Waals surface area contributed by atoms with E-state index in [1.54, 1.807) is 0 Å². The van der Waals surface area contributed by atoms with Crippen LogP contribution in [0.15, 0.2) is 70.1 Å². The van der Waals surface area contributed by atoms with E-state index in [1.807, 2.05) is 74.5 Å². The number of para-hydroxylation sites is 1. The summed E-state index contributed by atoms with van der Waals surface area (Å²) in [6.07, 6.45) is 3.35. The van der Waals surface area contributed by atoms with Crippen molar-refractivity contribution in [1.29, 1.82) is 0 Å². The molecule has 2 aliphatic rings. The Balaban J connectivity index is 1.50. The number of aryl methyl sites for hydroxylation is 2. The van der Waals surface area contributed by atoms with Gasteiger partial charge in [-0.1, -0.05) is 55.3 Å². The smallest absolute Gasteiger partial charge is 0.253 e. The van der Waals surface area contributed by atoms with Crippen molar-refractivity contribution < 1.29 is 14.4 Å². The first-order valence-corrected chi connectivity index (χ1v) is 14.2. The van der Waals surface area contributed by atoms with Crippen LogP contribution in [0.25, 0.3) is 0 Å². The van der Waals surface area contributed by atoms with Gasteiger partial charge in [-0.25, -0.2) is 9.97 Å². The SMILES string of the molecule is Cc1cc(C)nc(N=C(NC(=O)C(Cc2ccccc2)N2C(=O)C3CCCCC3C2=O)Nc2ccccc2Br)n1. The normalized spacial score (nSPS) is 19.8. The highest BCUT2D eigenvalue weighted by molar-refractivity contribution is 9.10. The number of carbonyl (C=O) groups is 3. The lowest BCUT2D eigenvalue weighted by Gasteiger charge is -2.26. The minimum atomic E-state index is -1.04. The summed E-state index contributed by atoms with van der Waals surface area (Å²) in [7, 11) is 0. The number of hydrogen-bond donors (Lipinski definition) is 2. The number of imide groups is 1. The van der Waals surface area contributed by atoms with Crippen LogP contribution in [-0.4, -0.2) is 44.6 Å². The number of aromatic nitrogens is 2. The molecular formula is C30H31BrN6O3. The summed E-state index contributed by atoms with van der Waals surface area (Å²) in [5, 5.41) is 6.00. The Morgan fingerprint density at radius 1 is 0.975 bits per heavy atom. The second kappa shape index (κ2) is 12.1. The molecule has 2 fully saturated rings. The number of halogens is 1. The number of nitrogens with zero attached hydrogens (tertiary/aromatic N) is 4. The minimum Gasteiger partial charge on any atom is -0.325 e. The molecule has 2 aromatic carbocycles. The monoisotopic (exact) mass is 602 g/mol. The van der Waals surface area contributed by atoms with Crippen LogP contribution in [0, 0.1) is 25.7 Å². The van der Waals surface area contributed by atoms with Crippen LogP contribution >= 0.6 is 15.9 Å². The molecule has 0 spiro atoms. The van der Waals surface area contributed by atoms with E-state index in [0.717, 1.165) is 34.3 Å². The van der Waals surface area contributed by atoms with Gasteiger partial charge in [-0.15, -0.1) is 0 Å². The maximum absolute atomic E-state index is 14.0. The largest absolute Gasteiger partial charge is 0.325 e. The van der Waals surface area contributed by atoms with Crippen molar-refractivity contribution in [3.05, 3.63) is 82.1 Å². The summed E-state index contributed by atoms with van der Waals surface area (Å²) in [6, 6.07) is 17.6. The molecular weight excluding hydrogens is 572 g/mol. The Kier molecular flexibility index (Phi) is 8.35. The summed E-state index contributed by atoms with van der Waals surface area (Å²) in [6.45, 7) is 3.68. The number of anilines is 1. The molecule has 3 atom stereocenters. The van der Waals surface area contributed by atoms with Crippen molar-refractivity contribution in [3.63, 3.8) is 0 Å². The highest BCUT2D eigenvalue weighted by atomic mass is 79.9. The lowest BCUT2D eigenvalue weighted by atomic mass is 9.81. The van der Waals surface area contributed by atoms with E-state index in [-0.39, 0.29) is 42.0 Å². The third kappa shape index (κ3) is 6.12. The van der Waals surface area contributed by atoms with E-state index < -0.39 is 11.9 Å². The van der Waals surface area contributed by atoms with Gasteiger partial charge in [0.05, 0.1) is 17.5 Å². The van der Waals surface area contributed by atoms with Gasteiger partial charge in [0.1, 0.15) is 6.04 Å². The van der Waals surface area contributed by atoms with Gasteiger partial charge >= 0.3 is 0 Å². The molecule has 1 aliphatic carbocycles. The van der Waals surface area contributed by atoms with Crippen LogP contribution in [0.1, 0.15) is 42.6 Å². The first-order valence-electron chi connectivity index (χ1n) is 13.4. The summed E-state index contributed by atoms with van der Waals surface area (Å²) >= 11 is 3.52. The molecule has 0 bridgehead atoms. The Morgan fingerprint density at radius 2 is 1.57 bits per heavy atom. The first-order chi connectivity index (χ1) is 19.3. The molecule has 5 rings (SSSR count). The van der Waals surface area contributed by atoms with E-state index in [0.29, 0.717) is 18.5 Å². The number of likely N-dealkylation sites (tertiary alicyclic amines) is 1. The molecule has 10 heteroatoms. The van der Waals surface area contributed by atoms with Crippen molar-refractivity contribution in [1.82, 2.24) is 20.2 Å². The van der Waals surface area contributed by atoms with Crippen LogP contribution in [0.5, 0.6) is 0 Å². The molecule has 3 aromatic rings. The van der Waals surface area contributed by atoms with Crippen molar-refractivity contribution in [3.8, 4) is 0 Å². The Bertz CT molecular complexity index is 1420. The molecule has 3 unspecified atom stereocenters.